The SMILES string of the molecule is CC1C[C@H]2[C@@H]3CCC4=CC(=O)C=C[C@]4(C)[C@H]3C(Cl)(Cl)C[C@]2(C)[C@@]1(O)C(=O)CO. The Bertz CT molecular complexity index is 802. The number of carbonyl (C=O) groups excluding carboxylic acids is 2. The van der Waals surface area contributed by atoms with Gasteiger partial charge < -0.3 is 10.2 Å². The maximum absolute atomic E-state index is 12.7. The van der Waals surface area contributed by atoms with Crippen LogP contribution in [0, 0.1) is 34.5 Å². The molecular weight excluding hydrogens is 399 g/mol. The Hall–Kier alpha value is -0.680. The van der Waals surface area contributed by atoms with Crippen molar-refractivity contribution in [2.45, 2.75) is 56.4 Å². The van der Waals surface area contributed by atoms with Crippen LogP contribution in [0.5, 0.6) is 0 Å². The molecule has 3 fully saturated rings. The summed E-state index contributed by atoms with van der Waals surface area (Å²) in [6.45, 7) is 5.21. The molecule has 1 unspecified atom stereocenters. The predicted octanol–water partition coefficient (Wildman–Crippen LogP) is 3.62. The lowest BCUT2D eigenvalue weighted by atomic mass is 9.46. The number of aliphatic hydroxyl groups excluding tert-OH is 1. The van der Waals surface area contributed by atoms with Crippen LogP contribution in [0.4, 0.5) is 0 Å². The molecule has 7 atom stereocenters. The Labute approximate surface area is 176 Å². The van der Waals surface area contributed by atoms with Crippen molar-refractivity contribution in [2.75, 3.05) is 6.61 Å². The summed E-state index contributed by atoms with van der Waals surface area (Å²) >= 11 is 14.0. The maximum atomic E-state index is 12.7. The number of carbonyl (C=O) groups is 2. The second-order valence-electron chi connectivity index (χ2n) is 9.81. The van der Waals surface area contributed by atoms with Crippen LogP contribution >= 0.6 is 23.2 Å². The summed E-state index contributed by atoms with van der Waals surface area (Å²) in [5.74, 6) is -0.736. The van der Waals surface area contributed by atoms with Gasteiger partial charge in [-0.3, -0.25) is 9.59 Å². The average molecular weight is 427 g/mol. The van der Waals surface area contributed by atoms with Gasteiger partial charge in [0.2, 0.25) is 0 Å². The van der Waals surface area contributed by atoms with E-state index in [1.165, 1.54) is 0 Å². The van der Waals surface area contributed by atoms with E-state index in [0.29, 0.717) is 6.42 Å². The number of ketones is 2. The number of Topliss-reactive ketones (excluding diaryl/α,β-unsaturated/α-hetero) is 1. The number of halogens is 2. The first kappa shape index (κ1) is 20.6. The summed E-state index contributed by atoms with van der Waals surface area (Å²) in [6, 6.07) is 0. The van der Waals surface area contributed by atoms with E-state index >= 15 is 0 Å². The Morgan fingerprint density at radius 1 is 1.32 bits per heavy atom. The summed E-state index contributed by atoms with van der Waals surface area (Å²) in [6.07, 6.45) is 7.85. The van der Waals surface area contributed by atoms with E-state index in [1.807, 2.05) is 19.9 Å². The van der Waals surface area contributed by atoms with Gasteiger partial charge in [-0.05, 0) is 55.6 Å². The van der Waals surface area contributed by atoms with E-state index in [-0.39, 0.29) is 35.9 Å². The van der Waals surface area contributed by atoms with E-state index in [9.17, 15) is 19.8 Å². The van der Waals surface area contributed by atoms with Gasteiger partial charge in [-0.15, -0.1) is 23.2 Å². The van der Waals surface area contributed by atoms with Gasteiger partial charge in [0.25, 0.3) is 0 Å². The zero-order valence-electron chi connectivity index (χ0n) is 16.5. The number of aliphatic hydroxyl groups is 2. The number of allylic oxidation sites excluding steroid dienone is 4. The monoisotopic (exact) mass is 426 g/mol. The lowest BCUT2D eigenvalue weighted by molar-refractivity contribution is -0.170. The van der Waals surface area contributed by atoms with Crippen molar-refractivity contribution in [3.63, 3.8) is 0 Å². The molecule has 0 aromatic rings. The van der Waals surface area contributed by atoms with Gasteiger partial charge in [-0.25, -0.2) is 0 Å². The number of hydrogen-bond donors (Lipinski definition) is 2. The largest absolute Gasteiger partial charge is 0.388 e. The molecule has 4 aliphatic carbocycles. The molecule has 0 heterocycles. The molecule has 3 saturated carbocycles. The van der Waals surface area contributed by atoms with Crippen molar-refractivity contribution in [1.82, 2.24) is 0 Å². The molecule has 0 spiro atoms. The molecule has 6 heteroatoms. The van der Waals surface area contributed by atoms with E-state index in [1.54, 1.807) is 12.2 Å². The van der Waals surface area contributed by atoms with E-state index in [2.05, 4.69) is 6.92 Å². The van der Waals surface area contributed by atoms with Gasteiger partial charge in [0.1, 0.15) is 16.5 Å². The smallest absolute Gasteiger partial charge is 0.190 e. The van der Waals surface area contributed by atoms with Gasteiger partial charge in [0.15, 0.2) is 11.6 Å². The van der Waals surface area contributed by atoms with Crippen molar-refractivity contribution < 1.29 is 19.8 Å². The summed E-state index contributed by atoms with van der Waals surface area (Å²) in [4.78, 5) is 24.6. The minimum atomic E-state index is -1.64. The lowest BCUT2D eigenvalue weighted by Gasteiger charge is -2.62. The minimum Gasteiger partial charge on any atom is -0.388 e. The second kappa shape index (κ2) is 6.16. The highest BCUT2D eigenvalue weighted by Gasteiger charge is 2.73. The molecule has 0 saturated heterocycles. The normalized spacial score (nSPS) is 49.1. The highest BCUT2D eigenvalue weighted by Crippen LogP contribution is 2.72. The summed E-state index contributed by atoms with van der Waals surface area (Å²) < 4.78 is -1.16. The fourth-order valence-corrected chi connectivity index (χ4v) is 8.72. The van der Waals surface area contributed by atoms with Crippen molar-refractivity contribution in [3.8, 4) is 0 Å². The molecule has 2 N–H and O–H groups in total. The second-order valence-corrected chi connectivity index (χ2v) is 11.4. The molecule has 0 aromatic carbocycles. The highest BCUT2D eigenvalue weighted by molar-refractivity contribution is 6.48. The van der Waals surface area contributed by atoms with Crippen LogP contribution in [-0.4, -0.2) is 38.3 Å². The molecule has 28 heavy (non-hydrogen) atoms. The van der Waals surface area contributed by atoms with E-state index in [4.69, 9.17) is 23.2 Å². The molecule has 0 aliphatic heterocycles. The van der Waals surface area contributed by atoms with Crippen LogP contribution in [0.25, 0.3) is 0 Å². The van der Waals surface area contributed by atoms with E-state index < -0.39 is 33.2 Å². The first-order valence-corrected chi connectivity index (χ1v) is 10.9. The Kier molecular flexibility index (Phi) is 4.53. The molecular formula is C22H28Cl2O4. The van der Waals surface area contributed by atoms with Crippen molar-refractivity contribution in [1.29, 1.82) is 0 Å². The number of rotatable bonds is 2. The quantitative estimate of drug-likeness (QED) is 0.661. The molecule has 0 radical (unpaired) electrons. The zero-order valence-corrected chi connectivity index (χ0v) is 18.1. The Morgan fingerprint density at radius 3 is 2.64 bits per heavy atom. The molecule has 0 amide bonds. The molecule has 4 rings (SSSR count). The van der Waals surface area contributed by atoms with Crippen LogP contribution < -0.4 is 0 Å². The van der Waals surface area contributed by atoms with Crippen LogP contribution in [0.15, 0.2) is 23.8 Å². The average Bonchev–Trinajstić information content (AvgIpc) is 2.81. The van der Waals surface area contributed by atoms with Crippen LogP contribution in [0.2, 0.25) is 0 Å². The molecule has 0 bridgehead atoms. The third-order valence-corrected chi connectivity index (χ3v) is 9.31. The van der Waals surface area contributed by atoms with Crippen LogP contribution in [0.3, 0.4) is 0 Å². The fraction of sp³-hybridized carbons (Fsp3) is 0.727. The van der Waals surface area contributed by atoms with Gasteiger partial charge in [0.05, 0.1) is 0 Å². The molecule has 154 valence electrons. The van der Waals surface area contributed by atoms with Gasteiger partial charge >= 0.3 is 0 Å². The van der Waals surface area contributed by atoms with Crippen molar-refractivity contribution >= 4 is 34.8 Å². The Morgan fingerprint density at radius 2 is 2.00 bits per heavy atom. The summed E-state index contributed by atoms with van der Waals surface area (Å²) in [7, 11) is 0. The van der Waals surface area contributed by atoms with Gasteiger partial charge in [-0.1, -0.05) is 32.4 Å². The predicted molar refractivity (Wildman–Crippen MR) is 108 cm³/mol. The number of hydrogen-bond acceptors (Lipinski definition) is 4. The first-order chi connectivity index (χ1) is 12.9. The zero-order chi connectivity index (χ0) is 20.7. The third-order valence-electron chi connectivity index (χ3n) is 8.58. The molecule has 4 nitrogen and oxygen atoms in total. The first-order valence-electron chi connectivity index (χ1n) is 10.1. The highest BCUT2D eigenvalue weighted by atomic mass is 35.5. The summed E-state index contributed by atoms with van der Waals surface area (Å²) in [5, 5.41) is 21.1. The van der Waals surface area contributed by atoms with Crippen LogP contribution in [0.1, 0.15) is 46.5 Å². The molecule has 0 aromatic heterocycles. The van der Waals surface area contributed by atoms with Crippen LogP contribution in [-0.2, 0) is 9.59 Å². The third kappa shape index (κ3) is 2.38. The van der Waals surface area contributed by atoms with Crippen molar-refractivity contribution in [3.05, 3.63) is 23.8 Å². The minimum absolute atomic E-state index is 0.00118. The van der Waals surface area contributed by atoms with Gasteiger partial charge in [0, 0.05) is 16.7 Å². The van der Waals surface area contributed by atoms with E-state index in [0.717, 1.165) is 18.4 Å². The summed E-state index contributed by atoms with van der Waals surface area (Å²) in [5.41, 5.74) is -1.78. The molecule has 4 aliphatic rings. The Balaban J connectivity index is 1.83. The van der Waals surface area contributed by atoms with Crippen molar-refractivity contribution in [2.24, 2.45) is 34.5 Å². The van der Waals surface area contributed by atoms with Gasteiger partial charge in [-0.2, -0.15) is 0 Å². The fourth-order valence-electron chi connectivity index (χ4n) is 7.39. The lowest BCUT2D eigenvalue weighted by Crippen LogP contribution is -2.64. The number of fused-ring (bicyclic) bond motifs is 5. The standard InChI is InChI=1S/C22H28Cl2O4/c1-12-8-16-15-5-4-13-9-14(26)6-7-19(13,2)18(15)21(23,24)11-20(16,3)22(12,28)17(27)10-25/h6-7,9,12,15-16,18,25,28H,4-5,8,10-11H2,1-3H3/t12?,15-,16-,18-,19-,20-,22-/m0/s1. The number of alkyl halides is 2. The topological polar surface area (TPSA) is 74.6 Å². The maximum Gasteiger partial charge on any atom is 0.190 e.